The van der Waals surface area contributed by atoms with Crippen LogP contribution < -0.4 is 10.2 Å². The van der Waals surface area contributed by atoms with Gasteiger partial charge in [-0.25, -0.2) is 4.98 Å². The molecule has 1 N–H and O–H groups in total. The fourth-order valence-corrected chi connectivity index (χ4v) is 3.97. The number of hydrogen-bond acceptors (Lipinski definition) is 4. The van der Waals surface area contributed by atoms with Crippen LogP contribution in [0.2, 0.25) is 0 Å². The second-order valence-electron chi connectivity index (χ2n) is 7.73. The Kier molecular flexibility index (Phi) is 5.39. The topological polar surface area (TPSA) is 48.5 Å². The molecular formula is C22H28N4O. The van der Waals surface area contributed by atoms with E-state index in [1.165, 1.54) is 30.4 Å². The number of aryl methyl sites for hydroxylation is 2. The Morgan fingerprint density at radius 1 is 1.04 bits per heavy atom. The largest absolute Gasteiger partial charge is 0.354 e. The molecule has 1 aliphatic heterocycles. The maximum absolute atomic E-state index is 12.4. The highest BCUT2D eigenvalue weighted by molar-refractivity contribution is 5.92. The number of rotatable bonds is 4. The number of carbonyl (C=O) groups excluding carboxylic acids is 1. The van der Waals surface area contributed by atoms with Gasteiger partial charge in [0.05, 0.1) is 18.3 Å². The Bertz CT molecular complexity index is 794. The monoisotopic (exact) mass is 364 g/mol. The normalized spacial score (nSPS) is 17.4. The molecule has 1 fully saturated rings. The van der Waals surface area contributed by atoms with Gasteiger partial charge in [0.2, 0.25) is 5.91 Å². The number of aromatic nitrogens is 1. The number of fused-ring (bicyclic) bond motifs is 1. The van der Waals surface area contributed by atoms with Crippen molar-refractivity contribution < 1.29 is 4.79 Å². The van der Waals surface area contributed by atoms with Gasteiger partial charge in [-0.3, -0.25) is 4.79 Å². The van der Waals surface area contributed by atoms with Gasteiger partial charge in [-0.1, -0.05) is 18.2 Å². The average molecular weight is 364 g/mol. The zero-order chi connectivity index (χ0) is 18.6. The maximum Gasteiger partial charge on any atom is 0.228 e. The minimum Gasteiger partial charge on any atom is -0.354 e. The molecular weight excluding hydrogens is 336 g/mol. The number of carbonyl (C=O) groups is 1. The van der Waals surface area contributed by atoms with E-state index >= 15 is 0 Å². The Morgan fingerprint density at radius 2 is 1.81 bits per heavy atom. The van der Waals surface area contributed by atoms with Crippen LogP contribution in [0.15, 0.2) is 36.5 Å². The number of nitrogens with zero attached hydrogens (tertiary/aromatic N) is 3. The lowest BCUT2D eigenvalue weighted by Crippen LogP contribution is -2.44. The highest BCUT2D eigenvalue weighted by atomic mass is 16.1. The van der Waals surface area contributed by atoms with Gasteiger partial charge in [-0.2, -0.15) is 0 Å². The second-order valence-corrected chi connectivity index (χ2v) is 7.73. The molecule has 1 amide bonds. The van der Waals surface area contributed by atoms with Crippen LogP contribution in [0.3, 0.4) is 0 Å². The van der Waals surface area contributed by atoms with E-state index in [0.29, 0.717) is 6.42 Å². The third-order valence-electron chi connectivity index (χ3n) is 5.64. The van der Waals surface area contributed by atoms with Gasteiger partial charge in [0.1, 0.15) is 5.82 Å². The van der Waals surface area contributed by atoms with Gasteiger partial charge < -0.3 is 15.1 Å². The molecule has 0 atom stereocenters. The molecule has 1 aliphatic carbocycles. The molecule has 1 aromatic heterocycles. The second kappa shape index (κ2) is 8.09. The van der Waals surface area contributed by atoms with Crippen molar-refractivity contribution in [2.24, 2.45) is 0 Å². The molecule has 5 nitrogen and oxygen atoms in total. The Morgan fingerprint density at radius 3 is 2.56 bits per heavy atom. The zero-order valence-electron chi connectivity index (χ0n) is 16.1. The van der Waals surface area contributed by atoms with Gasteiger partial charge in [0.25, 0.3) is 0 Å². The van der Waals surface area contributed by atoms with Crippen LogP contribution in [0.5, 0.6) is 0 Å². The lowest BCUT2D eigenvalue weighted by Gasteiger charge is -2.33. The molecule has 0 spiro atoms. The average Bonchev–Trinajstić information content (AvgIpc) is 2.69. The van der Waals surface area contributed by atoms with Gasteiger partial charge in [0, 0.05) is 26.2 Å². The first-order chi connectivity index (χ1) is 13.2. The molecule has 0 saturated carbocycles. The minimum absolute atomic E-state index is 0.0138. The summed E-state index contributed by atoms with van der Waals surface area (Å²) >= 11 is 0. The van der Waals surface area contributed by atoms with E-state index in [9.17, 15) is 4.79 Å². The van der Waals surface area contributed by atoms with E-state index in [1.54, 1.807) is 6.20 Å². The molecule has 142 valence electrons. The number of piperazine rings is 1. The molecule has 0 radical (unpaired) electrons. The van der Waals surface area contributed by atoms with Crippen molar-refractivity contribution >= 4 is 17.4 Å². The van der Waals surface area contributed by atoms with Crippen molar-refractivity contribution in [3.8, 4) is 0 Å². The van der Waals surface area contributed by atoms with Crippen molar-refractivity contribution in [1.82, 2.24) is 9.88 Å². The highest BCUT2D eigenvalue weighted by Gasteiger charge is 2.15. The van der Waals surface area contributed by atoms with E-state index in [4.69, 9.17) is 0 Å². The Balaban J connectivity index is 1.34. The smallest absolute Gasteiger partial charge is 0.228 e. The molecule has 4 rings (SSSR count). The number of benzene rings is 1. The summed E-state index contributed by atoms with van der Waals surface area (Å²) in [4.78, 5) is 21.6. The number of hydrogen-bond donors (Lipinski definition) is 1. The summed E-state index contributed by atoms with van der Waals surface area (Å²) in [5, 5.41) is 2.98. The van der Waals surface area contributed by atoms with Crippen LogP contribution in [-0.4, -0.2) is 49.0 Å². The van der Waals surface area contributed by atoms with E-state index in [0.717, 1.165) is 49.7 Å². The fraction of sp³-hybridized carbons (Fsp3) is 0.455. The molecule has 27 heavy (non-hydrogen) atoms. The van der Waals surface area contributed by atoms with Crippen molar-refractivity contribution in [1.29, 1.82) is 0 Å². The Labute approximate surface area is 161 Å². The van der Waals surface area contributed by atoms with Gasteiger partial charge in [-0.05, 0) is 61.6 Å². The number of likely N-dealkylation sites (N-methyl/N-ethyl adjacent to an activating group) is 1. The summed E-state index contributed by atoms with van der Waals surface area (Å²) in [6, 6.07) is 10.5. The van der Waals surface area contributed by atoms with Crippen LogP contribution in [0.25, 0.3) is 0 Å². The first-order valence-electron chi connectivity index (χ1n) is 9.97. The van der Waals surface area contributed by atoms with E-state index in [1.807, 2.05) is 12.1 Å². The van der Waals surface area contributed by atoms with Crippen LogP contribution in [0, 0.1) is 0 Å². The molecule has 2 heterocycles. The quantitative estimate of drug-likeness (QED) is 0.906. The third kappa shape index (κ3) is 4.48. The van der Waals surface area contributed by atoms with Crippen molar-refractivity contribution in [3.63, 3.8) is 0 Å². The molecule has 1 aromatic carbocycles. The van der Waals surface area contributed by atoms with E-state index < -0.39 is 0 Å². The number of pyridine rings is 1. The van der Waals surface area contributed by atoms with E-state index in [2.05, 4.69) is 45.3 Å². The van der Waals surface area contributed by atoms with Crippen LogP contribution >= 0.6 is 0 Å². The number of nitrogens with one attached hydrogen (secondary N) is 1. The molecule has 0 bridgehead atoms. The van der Waals surface area contributed by atoms with Crippen LogP contribution in [0.1, 0.15) is 29.5 Å². The SMILES string of the molecule is CN1CCN(c2ccc(NC(=O)Cc3ccc4c(c3)CCCC4)cn2)CC1. The summed E-state index contributed by atoms with van der Waals surface area (Å²) in [6.07, 6.45) is 7.03. The summed E-state index contributed by atoms with van der Waals surface area (Å²) in [6.45, 7) is 4.10. The molecule has 0 unspecified atom stereocenters. The standard InChI is InChI=1S/C22H28N4O/c1-25-10-12-26(13-11-25)21-9-8-20(16-23-21)24-22(27)15-17-6-7-18-4-2-3-5-19(18)14-17/h6-9,14,16H,2-5,10-13,15H2,1H3,(H,24,27). The summed E-state index contributed by atoms with van der Waals surface area (Å²) in [5.74, 6) is 0.996. The lowest BCUT2D eigenvalue weighted by molar-refractivity contribution is -0.115. The Hall–Kier alpha value is -2.40. The van der Waals surface area contributed by atoms with Gasteiger partial charge in [0.15, 0.2) is 0 Å². The summed E-state index contributed by atoms with van der Waals surface area (Å²) in [5.41, 5.74) is 4.73. The molecule has 5 heteroatoms. The van der Waals surface area contributed by atoms with Crippen molar-refractivity contribution in [3.05, 3.63) is 53.2 Å². The van der Waals surface area contributed by atoms with E-state index in [-0.39, 0.29) is 5.91 Å². The molecule has 2 aromatic rings. The third-order valence-corrected chi connectivity index (χ3v) is 5.64. The summed E-state index contributed by atoms with van der Waals surface area (Å²) in [7, 11) is 2.14. The maximum atomic E-state index is 12.4. The first kappa shape index (κ1) is 18.0. The fourth-order valence-electron chi connectivity index (χ4n) is 3.97. The predicted octanol–water partition coefficient (Wildman–Crippen LogP) is 2.89. The molecule has 2 aliphatic rings. The minimum atomic E-state index is 0.0138. The first-order valence-corrected chi connectivity index (χ1v) is 9.97. The lowest BCUT2D eigenvalue weighted by atomic mass is 9.90. The predicted molar refractivity (Wildman–Crippen MR) is 109 cm³/mol. The van der Waals surface area contributed by atoms with Crippen LogP contribution in [-0.2, 0) is 24.1 Å². The highest BCUT2D eigenvalue weighted by Crippen LogP contribution is 2.22. The zero-order valence-corrected chi connectivity index (χ0v) is 16.1. The van der Waals surface area contributed by atoms with Crippen LogP contribution in [0.4, 0.5) is 11.5 Å². The van der Waals surface area contributed by atoms with Crippen molar-refractivity contribution in [2.45, 2.75) is 32.1 Å². The summed E-state index contributed by atoms with van der Waals surface area (Å²) < 4.78 is 0. The van der Waals surface area contributed by atoms with Gasteiger partial charge in [-0.15, -0.1) is 0 Å². The van der Waals surface area contributed by atoms with Crippen molar-refractivity contribution in [2.75, 3.05) is 43.4 Å². The molecule has 1 saturated heterocycles. The number of anilines is 2. The van der Waals surface area contributed by atoms with Gasteiger partial charge >= 0.3 is 0 Å². The number of amides is 1.